The minimum absolute atomic E-state index is 0.559. The van der Waals surface area contributed by atoms with E-state index in [-0.39, 0.29) is 0 Å². The Bertz CT molecular complexity index is 1110. The van der Waals surface area contributed by atoms with Crippen LogP contribution in [0.15, 0.2) is 72.8 Å². The van der Waals surface area contributed by atoms with Crippen molar-refractivity contribution in [3.63, 3.8) is 0 Å². The van der Waals surface area contributed by atoms with Crippen LogP contribution in [0.1, 0.15) is 35.1 Å². The monoisotopic (exact) mass is 560 g/mol. The number of nitrogens with zero attached hydrogens (tertiary/aromatic N) is 2. The molecule has 1 saturated heterocycles. The van der Waals surface area contributed by atoms with Gasteiger partial charge in [0.25, 0.3) is 0 Å². The molecule has 0 unspecified atom stereocenters. The molecule has 1 aliphatic heterocycles. The topological polar surface area (TPSA) is 43.4 Å². The molecule has 0 bridgehead atoms. The maximum absolute atomic E-state index is 6.00. The van der Waals surface area contributed by atoms with Gasteiger partial charge in [0.2, 0.25) is 0 Å². The molecular formula is C35H48N2O4. The molecular weight excluding hydrogens is 512 g/mol. The van der Waals surface area contributed by atoms with E-state index < -0.39 is 0 Å². The molecule has 1 aliphatic rings. The summed E-state index contributed by atoms with van der Waals surface area (Å²) < 4.78 is 22.7. The molecule has 0 spiro atoms. The van der Waals surface area contributed by atoms with Crippen molar-refractivity contribution in [2.24, 2.45) is 0 Å². The fraction of sp³-hybridized carbons (Fsp3) is 0.486. The maximum Gasteiger partial charge on any atom is 0.122 e. The third kappa shape index (κ3) is 11.1. The number of anilines is 1. The first-order chi connectivity index (χ1) is 20.2. The largest absolute Gasteiger partial charge is 0.491 e. The summed E-state index contributed by atoms with van der Waals surface area (Å²) in [5, 5.41) is 0. The van der Waals surface area contributed by atoms with Gasteiger partial charge in [0, 0.05) is 65.3 Å². The van der Waals surface area contributed by atoms with Crippen molar-refractivity contribution in [3.8, 4) is 5.75 Å². The Kier molecular flexibility index (Phi) is 13.5. The highest BCUT2D eigenvalue weighted by Gasteiger charge is 2.16. The molecule has 0 N–H and O–H groups in total. The zero-order valence-corrected chi connectivity index (χ0v) is 25.1. The summed E-state index contributed by atoms with van der Waals surface area (Å²) in [4.78, 5) is 5.05. The molecule has 1 fully saturated rings. The Balaban J connectivity index is 1.07. The molecule has 3 aromatic carbocycles. The van der Waals surface area contributed by atoms with Gasteiger partial charge >= 0.3 is 0 Å². The second-order valence-electron chi connectivity index (χ2n) is 10.8. The van der Waals surface area contributed by atoms with Crippen LogP contribution in [-0.4, -0.2) is 77.8 Å². The Morgan fingerprint density at radius 2 is 1.39 bits per heavy atom. The van der Waals surface area contributed by atoms with Crippen LogP contribution in [0.4, 0.5) is 5.69 Å². The van der Waals surface area contributed by atoms with E-state index in [9.17, 15) is 0 Å². The average molecular weight is 561 g/mol. The lowest BCUT2D eigenvalue weighted by molar-refractivity contribution is 0.0804. The number of hydrogen-bond acceptors (Lipinski definition) is 6. The molecule has 41 heavy (non-hydrogen) atoms. The third-order valence-corrected chi connectivity index (χ3v) is 7.60. The van der Waals surface area contributed by atoms with Crippen molar-refractivity contribution in [2.45, 2.75) is 39.2 Å². The molecule has 0 aromatic heterocycles. The predicted octanol–water partition coefficient (Wildman–Crippen LogP) is 5.94. The summed E-state index contributed by atoms with van der Waals surface area (Å²) in [5.74, 6) is 0.950. The molecule has 1 heterocycles. The standard InChI is InChI=1S/C35H48N2O4/c1-30-9-17-34(18-10-30)37-22-20-36(21-23-37)19-5-25-40-29-32-13-11-31(12-14-32)15-16-33-7-3-4-8-35(33)41-28-27-39-26-6-24-38-2/h3-4,7-14,17-18H,5-6,15-16,19-29H2,1-2H3. The van der Waals surface area contributed by atoms with Crippen LogP contribution in [0.5, 0.6) is 5.75 Å². The number of piperazine rings is 1. The van der Waals surface area contributed by atoms with Gasteiger partial charge in [-0.05, 0) is 67.5 Å². The highest BCUT2D eigenvalue weighted by Crippen LogP contribution is 2.21. The van der Waals surface area contributed by atoms with Crippen molar-refractivity contribution in [3.05, 3.63) is 95.1 Å². The minimum Gasteiger partial charge on any atom is -0.491 e. The van der Waals surface area contributed by atoms with Crippen LogP contribution in [0.3, 0.4) is 0 Å². The molecule has 0 atom stereocenters. The van der Waals surface area contributed by atoms with Gasteiger partial charge in [0.1, 0.15) is 12.4 Å². The van der Waals surface area contributed by atoms with Crippen LogP contribution in [0, 0.1) is 6.92 Å². The van der Waals surface area contributed by atoms with Crippen molar-refractivity contribution < 1.29 is 18.9 Å². The number of para-hydroxylation sites is 1. The van der Waals surface area contributed by atoms with E-state index in [1.165, 1.54) is 27.9 Å². The van der Waals surface area contributed by atoms with Crippen LogP contribution >= 0.6 is 0 Å². The fourth-order valence-corrected chi connectivity index (χ4v) is 5.12. The van der Waals surface area contributed by atoms with Crippen molar-refractivity contribution in [2.75, 3.05) is 77.8 Å². The normalized spacial score (nSPS) is 14.0. The first-order valence-corrected chi connectivity index (χ1v) is 15.2. The van der Waals surface area contributed by atoms with Crippen molar-refractivity contribution >= 4 is 5.69 Å². The Morgan fingerprint density at radius 3 is 2.17 bits per heavy atom. The molecule has 0 amide bonds. The lowest BCUT2D eigenvalue weighted by atomic mass is 10.0. The van der Waals surface area contributed by atoms with E-state index in [2.05, 4.69) is 77.4 Å². The molecule has 0 aliphatic carbocycles. The summed E-state index contributed by atoms with van der Waals surface area (Å²) in [6.07, 6.45) is 3.90. The van der Waals surface area contributed by atoms with E-state index in [4.69, 9.17) is 18.9 Å². The van der Waals surface area contributed by atoms with Gasteiger partial charge in [-0.15, -0.1) is 0 Å². The SMILES string of the molecule is COCCCOCCOc1ccccc1CCc1ccc(COCCCN2CCN(c3ccc(C)cc3)CC2)cc1. The number of aryl methyl sites for hydroxylation is 3. The van der Waals surface area contributed by atoms with Crippen molar-refractivity contribution in [1.82, 2.24) is 4.90 Å². The van der Waals surface area contributed by atoms with E-state index >= 15 is 0 Å². The fourth-order valence-electron chi connectivity index (χ4n) is 5.12. The lowest BCUT2D eigenvalue weighted by Crippen LogP contribution is -2.46. The quantitative estimate of drug-likeness (QED) is 0.179. The second kappa shape index (κ2) is 17.8. The van der Waals surface area contributed by atoms with Gasteiger partial charge in [0.15, 0.2) is 0 Å². The highest BCUT2D eigenvalue weighted by molar-refractivity contribution is 5.47. The zero-order chi connectivity index (χ0) is 28.5. The summed E-state index contributed by atoms with van der Waals surface area (Å²) in [7, 11) is 1.71. The average Bonchev–Trinajstić information content (AvgIpc) is 3.01. The predicted molar refractivity (Wildman–Crippen MR) is 167 cm³/mol. The molecule has 6 heteroatoms. The smallest absolute Gasteiger partial charge is 0.122 e. The first-order valence-electron chi connectivity index (χ1n) is 15.2. The highest BCUT2D eigenvalue weighted by atomic mass is 16.5. The second-order valence-corrected chi connectivity index (χ2v) is 10.8. The Labute approximate surface area is 247 Å². The zero-order valence-electron chi connectivity index (χ0n) is 25.1. The Morgan fingerprint density at radius 1 is 0.659 bits per heavy atom. The molecule has 3 aromatic rings. The molecule has 0 saturated carbocycles. The molecule has 0 radical (unpaired) electrons. The lowest BCUT2D eigenvalue weighted by Gasteiger charge is -2.36. The van der Waals surface area contributed by atoms with Crippen LogP contribution in [0.25, 0.3) is 0 Å². The number of benzene rings is 3. The van der Waals surface area contributed by atoms with E-state index in [1.807, 2.05) is 12.1 Å². The summed E-state index contributed by atoms with van der Waals surface area (Å²) in [6.45, 7) is 11.7. The van der Waals surface area contributed by atoms with Gasteiger partial charge in [0.05, 0.1) is 13.2 Å². The van der Waals surface area contributed by atoms with Crippen LogP contribution in [-0.2, 0) is 33.7 Å². The number of hydrogen-bond donors (Lipinski definition) is 0. The number of methoxy groups -OCH3 is 1. The van der Waals surface area contributed by atoms with Gasteiger partial charge in [-0.1, -0.05) is 60.2 Å². The first kappa shape index (κ1) is 31.0. The molecule has 4 rings (SSSR count). The van der Waals surface area contributed by atoms with Crippen LogP contribution in [0.2, 0.25) is 0 Å². The minimum atomic E-state index is 0.559. The molecule has 222 valence electrons. The summed E-state index contributed by atoms with van der Waals surface area (Å²) >= 11 is 0. The number of ether oxygens (including phenoxy) is 4. The number of rotatable bonds is 18. The van der Waals surface area contributed by atoms with E-state index in [0.717, 1.165) is 77.4 Å². The summed E-state index contributed by atoms with van der Waals surface area (Å²) in [6, 6.07) is 26.0. The molecule has 6 nitrogen and oxygen atoms in total. The van der Waals surface area contributed by atoms with Crippen molar-refractivity contribution in [1.29, 1.82) is 0 Å². The van der Waals surface area contributed by atoms with Gasteiger partial charge in [-0.3, -0.25) is 4.90 Å². The van der Waals surface area contributed by atoms with E-state index in [1.54, 1.807) is 7.11 Å². The van der Waals surface area contributed by atoms with Gasteiger partial charge < -0.3 is 23.8 Å². The van der Waals surface area contributed by atoms with E-state index in [0.29, 0.717) is 26.4 Å². The van der Waals surface area contributed by atoms with Crippen LogP contribution < -0.4 is 9.64 Å². The Hall–Kier alpha value is -2.90. The third-order valence-electron chi connectivity index (χ3n) is 7.60. The van der Waals surface area contributed by atoms with Gasteiger partial charge in [-0.25, -0.2) is 0 Å². The summed E-state index contributed by atoms with van der Waals surface area (Å²) in [5.41, 5.74) is 6.45. The maximum atomic E-state index is 6.00. The van der Waals surface area contributed by atoms with Gasteiger partial charge in [-0.2, -0.15) is 0 Å².